The van der Waals surface area contributed by atoms with Crippen LogP contribution in [0.25, 0.3) is 0 Å². The van der Waals surface area contributed by atoms with E-state index in [0.29, 0.717) is 12.8 Å². The van der Waals surface area contributed by atoms with Crippen molar-refractivity contribution in [2.24, 2.45) is 0 Å². The van der Waals surface area contributed by atoms with Gasteiger partial charge in [-0.25, -0.2) is 0 Å². The molecule has 0 fully saturated rings. The minimum atomic E-state index is -1.09. The molecule has 0 aliphatic heterocycles. The Labute approximate surface area is 98.2 Å². The van der Waals surface area contributed by atoms with Gasteiger partial charge in [0.1, 0.15) is 6.61 Å². The van der Waals surface area contributed by atoms with E-state index in [9.17, 15) is 10.1 Å². The SMILES string of the molecule is CCCCCCCCC(CC)(CO)[N+](=O)[O-]. The van der Waals surface area contributed by atoms with E-state index < -0.39 is 5.54 Å². The molecule has 96 valence electrons. The van der Waals surface area contributed by atoms with Crippen molar-refractivity contribution >= 4 is 0 Å². The highest BCUT2D eigenvalue weighted by Gasteiger charge is 2.39. The van der Waals surface area contributed by atoms with Crippen LogP contribution in [0.1, 0.15) is 65.2 Å². The highest BCUT2D eigenvalue weighted by Crippen LogP contribution is 2.22. The Kier molecular flexibility index (Phi) is 8.16. The molecule has 0 amide bonds. The molecule has 1 unspecified atom stereocenters. The highest BCUT2D eigenvalue weighted by molar-refractivity contribution is 4.76. The normalized spacial score (nSPS) is 14.7. The maximum Gasteiger partial charge on any atom is 0.244 e. The third-order valence-electron chi connectivity index (χ3n) is 3.34. The fraction of sp³-hybridized carbons (Fsp3) is 1.00. The van der Waals surface area contributed by atoms with Crippen molar-refractivity contribution in [2.45, 2.75) is 70.8 Å². The molecule has 0 aromatic heterocycles. The second kappa shape index (κ2) is 8.50. The summed E-state index contributed by atoms with van der Waals surface area (Å²) in [6, 6.07) is 0. The summed E-state index contributed by atoms with van der Waals surface area (Å²) in [6.45, 7) is 3.60. The molecule has 0 aliphatic carbocycles. The van der Waals surface area contributed by atoms with Crippen LogP contribution in [0.4, 0.5) is 0 Å². The number of aliphatic hydroxyl groups excluding tert-OH is 1. The Hall–Kier alpha value is -0.640. The molecule has 0 bridgehead atoms. The fourth-order valence-corrected chi connectivity index (χ4v) is 1.88. The van der Waals surface area contributed by atoms with Crippen molar-refractivity contribution in [3.05, 3.63) is 10.1 Å². The van der Waals surface area contributed by atoms with Gasteiger partial charge in [-0.05, 0) is 6.42 Å². The van der Waals surface area contributed by atoms with E-state index in [1.165, 1.54) is 19.3 Å². The predicted octanol–water partition coefficient (Wildman–Crippen LogP) is 3.15. The molecule has 0 spiro atoms. The van der Waals surface area contributed by atoms with Crippen LogP contribution >= 0.6 is 0 Å². The van der Waals surface area contributed by atoms with Gasteiger partial charge in [0.2, 0.25) is 5.54 Å². The maximum atomic E-state index is 10.9. The van der Waals surface area contributed by atoms with Crippen molar-refractivity contribution < 1.29 is 10.0 Å². The lowest BCUT2D eigenvalue weighted by Gasteiger charge is -2.21. The minimum Gasteiger partial charge on any atom is -0.389 e. The maximum absolute atomic E-state index is 10.9. The number of nitrogens with zero attached hydrogens (tertiary/aromatic N) is 1. The van der Waals surface area contributed by atoms with Gasteiger partial charge >= 0.3 is 0 Å². The van der Waals surface area contributed by atoms with Gasteiger partial charge in [-0.15, -0.1) is 0 Å². The van der Waals surface area contributed by atoms with Gasteiger partial charge in [0.25, 0.3) is 0 Å². The van der Waals surface area contributed by atoms with Crippen LogP contribution in [-0.4, -0.2) is 22.2 Å². The number of hydrogen-bond acceptors (Lipinski definition) is 3. The first kappa shape index (κ1) is 15.4. The topological polar surface area (TPSA) is 63.4 Å². The van der Waals surface area contributed by atoms with E-state index in [2.05, 4.69) is 6.92 Å². The average molecular weight is 231 g/mol. The third-order valence-corrected chi connectivity index (χ3v) is 3.34. The van der Waals surface area contributed by atoms with Gasteiger partial charge in [-0.2, -0.15) is 0 Å². The Bertz CT molecular complexity index is 191. The molecular formula is C12H25NO3. The van der Waals surface area contributed by atoms with Gasteiger partial charge in [-0.3, -0.25) is 10.1 Å². The second-order valence-electron chi connectivity index (χ2n) is 4.51. The first-order valence-corrected chi connectivity index (χ1v) is 6.38. The van der Waals surface area contributed by atoms with Crippen LogP contribution < -0.4 is 0 Å². The molecule has 0 rings (SSSR count). The van der Waals surface area contributed by atoms with Crippen molar-refractivity contribution in [1.82, 2.24) is 0 Å². The van der Waals surface area contributed by atoms with Gasteiger partial charge in [0.15, 0.2) is 0 Å². The van der Waals surface area contributed by atoms with Gasteiger partial charge in [0.05, 0.1) is 0 Å². The highest BCUT2D eigenvalue weighted by atomic mass is 16.6. The molecule has 0 radical (unpaired) electrons. The standard InChI is InChI=1S/C12H25NO3/c1-3-5-6-7-8-9-10-12(4-2,11-14)13(15)16/h14H,3-11H2,1-2H3. The number of unbranched alkanes of at least 4 members (excludes halogenated alkanes) is 5. The van der Waals surface area contributed by atoms with Crippen LogP contribution in [-0.2, 0) is 0 Å². The summed E-state index contributed by atoms with van der Waals surface area (Å²) < 4.78 is 0. The average Bonchev–Trinajstić information content (AvgIpc) is 2.28. The molecule has 0 saturated carbocycles. The second-order valence-corrected chi connectivity index (χ2v) is 4.51. The minimum absolute atomic E-state index is 0.307. The summed E-state index contributed by atoms with van der Waals surface area (Å²) in [5, 5.41) is 20.0. The lowest BCUT2D eigenvalue weighted by atomic mass is 9.91. The van der Waals surface area contributed by atoms with Crippen molar-refractivity contribution in [3.63, 3.8) is 0 Å². The molecule has 0 aromatic rings. The van der Waals surface area contributed by atoms with Crippen molar-refractivity contribution in [2.75, 3.05) is 6.61 Å². The van der Waals surface area contributed by atoms with Gasteiger partial charge < -0.3 is 5.11 Å². The van der Waals surface area contributed by atoms with E-state index in [0.717, 1.165) is 19.3 Å². The van der Waals surface area contributed by atoms with E-state index in [1.54, 1.807) is 6.92 Å². The Balaban J connectivity index is 3.81. The molecule has 16 heavy (non-hydrogen) atoms. The lowest BCUT2D eigenvalue weighted by molar-refractivity contribution is -0.575. The molecule has 1 atom stereocenters. The predicted molar refractivity (Wildman–Crippen MR) is 65.1 cm³/mol. The van der Waals surface area contributed by atoms with Crippen LogP contribution in [0.2, 0.25) is 0 Å². The summed E-state index contributed by atoms with van der Waals surface area (Å²) in [4.78, 5) is 10.6. The van der Waals surface area contributed by atoms with Crippen LogP contribution in [0.5, 0.6) is 0 Å². The number of nitro groups is 1. The Morgan fingerprint density at radius 1 is 1.12 bits per heavy atom. The van der Waals surface area contributed by atoms with Crippen LogP contribution in [0.15, 0.2) is 0 Å². The quantitative estimate of drug-likeness (QED) is 0.357. The molecule has 4 nitrogen and oxygen atoms in total. The van der Waals surface area contributed by atoms with E-state index >= 15 is 0 Å². The first-order valence-electron chi connectivity index (χ1n) is 6.38. The Morgan fingerprint density at radius 2 is 1.69 bits per heavy atom. The number of aliphatic hydroxyl groups is 1. The van der Waals surface area contributed by atoms with Crippen molar-refractivity contribution in [1.29, 1.82) is 0 Å². The van der Waals surface area contributed by atoms with E-state index in [4.69, 9.17) is 5.11 Å². The zero-order chi connectivity index (χ0) is 12.4. The van der Waals surface area contributed by atoms with Gasteiger partial charge in [0, 0.05) is 17.8 Å². The molecule has 0 aliphatic rings. The number of rotatable bonds is 10. The zero-order valence-corrected chi connectivity index (χ0v) is 10.6. The summed E-state index contributed by atoms with van der Waals surface area (Å²) in [6.07, 6.45) is 7.61. The van der Waals surface area contributed by atoms with E-state index in [1.807, 2.05) is 0 Å². The lowest BCUT2D eigenvalue weighted by Crippen LogP contribution is -2.41. The largest absolute Gasteiger partial charge is 0.389 e. The summed E-state index contributed by atoms with van der Waals surface area (Å²) in [5.41, 5.74) is -1.09. The molecule has 0 aromatic carbocycles. The zero-order valence-electron chi connectivity index (χ0n) is 10.6. The van der Waals surface area contributed by atoms with Crippen molar-refractivity contribution in [3.8, 4) is 0 Å². The number of hydrogen-bond donors (Lipinski definition) is 1. The molecule has 4 heteroatoms. The molecule has 0 heterocycles. The smallest absolute Gasteiger partial charge is 0.244 e. The monoisotopic (exact) mass is 231 g/mol. The van der Waals surface area contributed by atoms with Crippen LogP contribution in [0.3, 0.4) is 0 Å². The third kappa shape index (κ3) is 4.92. The van der Waals surface area contributed by atoms with Crippen LogP contribution in [0, 0.1) is 10.1 Å². The summed E-state index contributed by atoms with van der Waals surface area (Å²) in [5.74, 6) is 0. The van der Waals surface area contributed by atoms with E-state index in [-0.39, 0.29) is 11.5 Å². The molecule has 1 N–H and O–H groups in total. The summed E-state index contributed by atoms with van der Waals surface area (Å²) in [7, 11) is 0. The molecular weight excluding hydrogens is 206 g/mol. The summed E-state index contributed by atoms with van der Waals surface area (Å²) >= 11 is 0. The molecule has 0 saturated heterocycles. The Morgan fingerprint density at radius 3 is 2.12 bits per heavy atom. The fourth-order valence-electron chi connectivity index (χ4n) is 1.88. The first-order chi connectivity index (χ1) is 7.63. The van der Waals surface area contributed by atoms with Gasteiger partial charge in [-0.1, -0.05) is 46.0 Å².